The highest BCUT2D eigenvalue weighted by molar-refractivity contribution is 5.86. The zero-order valence-electron chi connectivity index (χ0n) is 12.3. The SMILES string of the molecule is CCC1(C(=O)NCCc2ccc(F)cc2C)CCCN1. The lowest BCUT2D eigenvalue weighted by molar-refractivity contribution is -0.127. The van der Waals surface area contributed by atoms with Crippen molar-refractivity contribution in [1.82, 2.24) is 10.6 Å². The van der Waals surface area contributed by atoms with Crippen LogP contribution in [0.3, 0.4) is 0 Å². The maximum atomic E-state index is 13.0. The van der Waals surface area contributed by atoms with E-state index in [0.717, 1.165) is 43.4 Å². The fourth-order valence-corrected chi connectivity index (χ4v) is 2.88. The first-order chi connectivity index (χ1) is 9.57. The molecule has 2 rings (SSSR count). The number of carbonyl (C=O) groups excluding carboxylic acids is 1. The molecule has 3 nitrogen and oxygen atoms in total. The zero-order valence-corrected chi connectivity index (χ0v) is 12.3. The van der Waals surface area contributed by atoms with E-state index in [0.29, 0.717) is 6.54 Å². The van der Waals surface area contributed by atoms with Crippen molar-refractivity contribution in [2.45, 2.75) is 45.1 Å². The first-order valence-corrected chi connectivity index (χ1v) is 7.36. The van der Waals surface area contributed by atoms with Crippen molar-refractivity contribution in [3.05, 3.63) is 35.1 Å². The third-order valence-corrected chi connectivity index (χ3v) is 4.27. The Kier molecular flexibility index (Phi) is 4.76. The Hall–Kier alpha value is -1.42. The number of carbonyl (C=O) groups is 1. The number of benzene rings is 1. The summed E-state index contributed by atoms with van der Waals surface area (Å²) in [7, 11) is 0. The predicted octanol–water partition coefficient (Wildman–Crippen LogP) is 2.33. The molecule has 1 aliphatic heterocycles. The largest absolute Gasteiger partial charge is 0.354 e. The van der Waals surface area contributed by atoms with Gasteiger partial charge in [-0.2, -0.15) is 0 Å². The van der Waals surface area contributed by atoms with Crippen LogP contribution in [0.15, 0.2) is 18.2 Å². The van der Waals surface area contributed by atoms with Gasteiger partial charge in [-0.05, 0) is 62.4 Å². The quantitative estimate of drug-likeness (QED) is 0.868. The molecule has 0 radical (unpaired) electrons. The molecule has 1 unspecified atom stereocenters. The van der Waals surface area contributed by atoms with Gasteiger partial charge in [0.25, 0.3) is 0 Å². The third kappa shape index (κ3) is 3.18. The molecular weight excluding hydrogens is 255 g/mol. The molecule has 0 aromatic heterocycles. The minimum Gasteiger partial charge on any atom is -0.354 e. The van der Waals surface area contributed by atoms with Crippen LogP contribution in [0.1, 0.15) is 37.3 Å². The van der Waals surface area contributed by atoms with Crippen LogP contribution in [0.2, 0.25) is 0 Å². The summed E-state index contributed by atoms with van der Waals surface area (Å²) in [6, 6.07) is 4.79. The van der Waals surface area contributed by atoms with Gasteiger partial charge in [0, 0.05) is 6.54 Å². The topological polar surface area (TPSA) is 41.1 Å². The molecule has 1 heterocycles. The fourth-order valence-electron chi connectivity index (χ4n) is 2.88. The lowest BCUT2D eigenvalue weighted by atomic mass is 9.93. The van der Waals surface area contributed by atoms with Crippen molar-refractivity contribution in [3.63, 3.8) is 0 Å². The summed E-state index contributed by atoms with van der Waals surface area (Å²) in [6.45, 7) is 5.45. The number of halogens is 1. The Morgan fingerprint density at radius 2 is 2.30 bits per heavy atom. The van der Waals surface area contributed by atoms with Crippen LogP contribution in [0.4, 0.5) is 4.39 Å². The Morgan fingerprint density at radius 1 is 1.50 bits per heavy atom. The molecule has 1 aliphatic rings. The van der Waals surface area contributed by atoms with Crippen LogP contribution < -0.4 is 10.6 Å². The monoisotopic (exact) mass is 278 g/mol. The standard InChI is InChI=1S/C16H23FN2O/c1-3-16(8-4-9-19-16)15(20)18-10-7-13-5-6-14(17)11-12(13)2/h5-6,11,19H,3-4,7-10H2,1-2H3,(H,18,20). The first-order valence-electron chi connectivity index (χ1n) is 7.36. The molecule has 110 valence electrons. The second kappa shape index (κ2) is 6.35. The maximum Gasteiger partial charge on any atom is 0.240 e. The molecular formula is C16H23FN2O. The molecule has 0 bridgehead atoms. The summed E-state index contributed by atoms with van der Waals surface area (Å²) in [5.74, 6) is -0.118. The van der Waals surface area contributed by atoms with Gasteiger partial charge in [-0.25, -0.2) is 4.39 Å². The Morgan fingerprint density at radius 3 is 2.90 bits per heavy atom. The Balaban J connectivity index is 1.87. The van der Waals surface area contributed by atoms with Crippen LogP contribution in [0.5, 0.6) is 0 Å². The smallest absolute Gasteiger partial charge is 0.240 e. The molecule has 1 fully saturated rings. The van der Waals surface area contributed by atoms with E-state index in [2.05, 4.69) is 10.6 Å². The van der Waals surface area contributed by atoms with Crippen molar-refractivity contribution in [3.8, 4) is 0 Å². The molecule has 1 amide bonds. The molecule has 4 heteroatoms. The number of nitrogens with one attached hydrogen (secondary N) is 2. The lowest BCUT2D eigenvalue weighted by Gasteiger charge is -2.26. The van der Waals surface area contributed by atoms with Crippen LogP contribution in [-0.4, -0.2) is 24.5 Å². The van der Waals surface area contributed by atoms with Gasteiger partial charge in [-0.3, -0.25) is 4.79 Å². The van der Waals surface area contributed by atoms with Crippen molar-refractivity contribution in [2.75, 3.05) is 13.1 Å². The number of amides is 1. The normalized spacial score (nSPS) is 21.9. The summed E-state index contributed by atoms with van der Waals surface area (Å²) in [5, 5.41) is 6.34. The van der Waals surface area contributed by atoms with Crippen LogP contribution in [0, 0.1) is 12.7 Å². The van der Waals surface area contributed by atoms with Crippen LogP contribution >= 0.6 is 0 Å². The molecule has 20 heavy (non-hydrogen) atoms. The Bertz CT molecular complexity index is 481. The highest BCUT2D eigenvalue weighted by Crippen LogP contribution is 2.23. The van der Waals surface area contributed by atoms with Gasteiger partial charge in [0.05, 0.1) is 5.54 Å². The van der Waals surface area contributed by atoms with E-state index >= 15 is 0 Å². The van der Waals surface area contributed by atoms with Crippen molar-refractivity contribution in [1.29, 1.82) is 0 Å². The van der Waals surface area contributed by atoms with Gasteiger partial charge in [0.15, 0.2) is 0 Å². The van der Waals surface area contributed by atoms with E-state index in [-0.39, 0.29) is 17.3 Å². The Labute approximate surface area is 120 Å². The van der Waals surface area contributed by atoms with Crippen molar-refractivity contribution >= 4 is 5.91 Å². The molecule has 1 aromatic carbocycles. The molecule has 1 aromatic rings. The van der Waals surface area contributed by atoms with E-state index in [9.17, 15) is 9.18 Å². The molecule has 0 aliphatic carbocycles. The van der Waals surface area contributed by atoms with Gasteiger partial charge in [-0.15, -0.1) is 0 Å². The van der Waals surface area contributed by atoms with E-state index in [1.807, 2.05) is 13.8 Å². The fraction of sp³-hybridized carbons (Fsp3) is 0.562. The van der Waals surface area contributed by atoms with E-state index in [1.54, 1.807) is 6.07 Å². The van der Waals surface area contributed by atoms with Gasteiger partial charge < -0.3 is 10.6 Å². The van der Waals surface area contributed by atoms with Gasteiger partial charge in [-0.1, -0.05) is 13.0 Å². The summed E-state index contributed by atoms with van der Waals surface area (Å²) < 4.78 is 13.0. The number of hydrogen-bond donors (Lipinski definition) is 2. The minimum absolute atomic E-state index is 0.0947. The zero-order chi connectivity index (χ0) is 14.6. The average Bonchev–Trinajstić information content (AvgIpc) is 2.91. The second-order valence-electron chi connectivity index (χ2n) is 5.54. The highest BCUT2D eigenvalue weighted by atomic mass is 19.1. The minimum atomic E-state index is -0.377. The summed E-state index contributed by atoms with van der Waals surface area (Å²) in [4.78, 5) is 12.3. The van der Waals surface area contributed by atoms with Gasteiger partial charge in [0.2, 0.25) is 5.91 Å². The van der Waals surface area contributed by atoms with E-state index < -0.39 is 0 Å². The summed E-state index contributed by atoms with van der Waals surface area (Å²) in [6.07, 6.45) is 3.51. The number of rotatable bonds is 5. The predicted molar refractivity (Wildman–Crippen MR) is 78.1 cm³/mol. The molecule has 0 saturated carbocycles. The second-order valence-corrected chi connectivity index (χ2v) is 5.54. The first kappa shape index (κ1) is 15.0. The average molecular weight is 278 g/mol. The highest BCUT2D eigenvalue weighted by Gasteiger charge is 2.38. The molecule has 0 spiro atoms. The van der Waals surface area contributed by atoms with E-state index in [1.165, 1.54) is 12.1 Å². The summed E-state index contributed by atoms with van der Waals surface area (Å²) in [5.41, 5.74) is 1.64. The third-order valence-electron chi connectivity index (χ3n) is 4.27. The lowest BCUT2D eigenvalue weighted by Crippen LogP contribution is -2.53. The number of hydrogen-bond acceptors (Lipinski definition) is 2. The van der Waals surface area contributed by atoms with Gasteiger partial charge >= 0.3 is 0 Å². The number of aryl methyl sites for hydroxylation is 1. The van der Waals surface area contributed by atoms with E-state index in [4.69, 9.17) is 0 Å². The van der Waals surface area contributed by atoms with Gasteiger partial charge in [0.1, 0.15) is 5.82 Å². The summed E-state index contributed by atoms with van der Waals surface area (Å²) >= 11 is 0. The van der Waals surface area contributed by atoms with Crippen molar-refractivity contribution in [2.24, 2.45) is 0 Å². The molecule has 2 N–H and O–H groups in total. The van der Waals surface area contributed by atoms with Crippen LogP contribution in [0.25, 0.3) is 0 Å². The maximum absolute atomic E-state index is 13.0. The molecule has 1 saturated heterocycles. The van der Waals surface area contributed by atoms with Crippen LogP contribution in [-0.2, 0) is 11.2 Å². The molecule has 1 atom stereocenters. The van der Waals surface area contributed by atoms with Crippen molar-refractivity contribution < 1.29 is 9.18 Å².